The van der Waals surface area contributed by atoms with Crippen molar-refractivity contribution in [1.82, 2.24) is 5.32 Å². The van der Waals surface area contributed by atoms with Gasteiger partial charge in [-0.2, -0.15) is 11.3 Å². The summed E-state index contributed by atoms with van der Waals surface area (Å²) in [6, 6.07) is 2.37. The van der Waals surface area contributed by atoms with Crippen LogP contribution in [0.5, 0.6) is 0 Å². The maximum atomic E-state index is 10.3. The average molecular weight is 409 g/mol. The number of nitrogens with two attached hydrogens (primary N) is 1. The van der Waals surface area contributed by atoms with Gasteiger partial charge < -0.3 is 16.2 Å². The van der Waals surface area contributed by atoms with Crippen LogP contribution in [0.3, 0.4) is 0 Å². The Labute approximate surface area is 141 Å². The molecule has 0 aliphatic heterocycles. The third-order valence-corrected chi connectivity index (χ3v) is 4.34. The number of nitrogens with one attached hydrogen (secondary N) is 1. The van der Waals surface area contributed by atoms with E-state index in [1.807, 2.05) is 16.8 Å². The van der Waals surface area contributed by atoms with Crippen LogP contribution in [0.15, 0.2) is 21.8 Å². The minimum atomic E-state index is -0.946. The Morgan fingerprint density at radius 3 is 2.80 bits per heavy atom. The third kappa shape index (κ3) is 5.21. The van der Waals surface area contributed by atoms with Crippen molar-refractivity contribution < 1.29 is 5.11 Å². The van der Waals surface area contributed by atoms with E-state index in [1.54, 1.807) is 18.3 Å². The summed E-state index contributed by atoms with van der Waals surface area (Å²) in [4.78, 5) is 4.28. The summed E-state index contributed by atoms with van der Waals surface area (Å²) in [5, 5.41) is 17.5. The molecule has 6 heteroatoms. The van der Waals surface area contributed by atoms with E-state index >= 15 is 0 Å². The fraction of sp³-hybridized carbons (Fsp3) is 0.643. The molecule has 1 aliphatic rings. The van der Waals surface area contributed by atoms with E-state index in [4.69, 9.17) is 5.73 Å². The van der Waals surface area contributed by atoms with Gasteiger partial charge in [0.25, 0.3) is 0 Å². The molecule has 0 bridgehead atoms. The number of thiophene rings is 1. The Bertz CT molecular complexity index is 414. The Morgan fingerprint density at radius 2 is 2.20 bits per heavy atom. The van der Waals surface area contributed by atoms with Crippen LogP contribution in [0.4, 0.5) is 0 Å². The lowest BCUT2D eigenvalue weighted by Gasteiger charge is -2.24. The predicted octanol–water partition coefficient (Wildman–Crippen LogP) is 2.81. The number of guanidine groups is 1. The Hall–Kier alpha value is -0.340. The molecule has 20 heavy (non-hydrogen) atoms. The van der Waals surface area contributed by atoms with Gasteiger partial charge in [0, 0.05) is 6.04 Å². The van der Waals surface area contributed by atoms with E-state index in [0.29, 0.717) is 12.0 Å². The maximum Gasteiger partial charge on any atom is 0.188 e. The summed E-state index contributed by atoms with van der Waals surface area (Å²) < 4.78 is 0. The molecule has 4 nitrogen and oxygen atoms in total. The van der Waals surface area contributed by atoms with Gasteiger partial charge in [0.05, 0.1) is 6.54 Å². The van der Waals surface area contributed by atoms with Gasteiger partial charge in [0.1, 0.15) is 5.60 Å². The lowest BCUT2D eigenvalue weighted by atomic mass is 9.96. The highest BCUT2D eigenvalue weighted by Crippen LogP contribution is 2.23. The van der Waals surface area contributed by atoms with Crippen molar-refractivity contribution in [2.75, 3.05) is 6.54 Å². The highest BCUT2D eigenvalue weighted by molar-refractivity contribution is 14.0. The number of rotatable bonds is 4. The Balaban J connectivity index is 0.00000200. The fourth-order valence-electron chi connectivity index (χ4n) is 2.40. The number of aliphatic hydroxyl groups is 1. The summed E-state index contributed by atoms with van der Waals surface area (Å²) in [5.41, 5.74) is 5.85. The topological polar surface area (TPSA) is 70.6 Å². The van der Waals surface area contributed by atoms with Gasteiger partial charge in [0.15, 0.2) is 5.96 Å². The Morgan fingerprint density at radius 1 is 1.50 bits per heavy atom. The summed E-state index contributed by atoms with van der Waals surface area (Å²) in [7, 11) is 0. The molecule has 1 aromatic heterocycles. The molecule has 4 N–H and O–H groups in total. The molecular formula is C14H24IN3OS. The van der Waals surface area contributed by atoms with Gasteiger partial charge in [0.2, 0.25) is 0 Å². The average Bonchev–Trinajstić information content (AvgIpc) is 2.92. The molecule has 0 saturated heterocycles. The summed E-state index contributed by atoms with van der Waals surface area (Å²) in [6.45, 7) is 2.06. The lowest BCUT2D eigenvalue weighted by molar-refractivity contribution is 0.0677. The second-order valence-electron chi connectivity index (χ2n) is 5.47. The first-order chi connectivity index (χ1) is 9.08. The lowest BCUT2D eigenvalue weighted by Crippen LogP contribution is -2.42. The minimum Gasteiger partial charge on any atom is -0.383 e. The molecule has 0 spiro atoms. The molecule has 1 unspecified atom stereocenters. The number of hydrogen-bond acceptors (Lipinski definition) is 3. The van der Waals surface area contributed by atoms with Crippen molar-refractivity contribution in [3.05, 3.63) is 22.4 Å². The first kappa shape index (κ1) is 17.7. The zero-order valence-corrected chi connectivity index (χ0v) is 15.0. The monoisotopic (exact) mass is 409 g/mol. The van der Waals surface area contributed by atoms with E-state index in [9.17, 15) is 5.11 Å². The van der Waals surface area contributed by atoms with E-state index in [2.05, 4.69) is 10.3 Å². The van der Waals surface area contributed by atoms with Crippen LogP contribution >= 0.6 is 35.3 Å². The van der Waals surface area contributed by atoms with Gasteiger partial charge in [-0.25, -0.2) is 0 Å². The predicted molar refractivity (Wildman–Crippen MR) is 95.8 cm³/mol. The van der Waals surface area contributed by atoms with Crippen LogP contribution in [0.2, 0.25) is 0 Å². The molecule has 1 fully saturated rings. The summed E-state index contributed by atoms with van der Waals surface area (Å²) in [5.74, 6) is 0.447. The standard InChI is InChI=1S/C14H23N3OS.HI/c1-14(18,11-7-8-19-9-11)10-16-13(15)17-12-5-3-2-4-6-12;/h7-9,12,18H,2-6,10H2,1H3,(H3,15,16,17);1H. The van der Waals surface area contributed by atoms with E-state index < -0.39 is 5.60 Å². The molecule has 0 radical (unpaired) electrons. The quantitative estimate of drug-likeness (QED) is 0.407. The van der Waals surface area contributed by atoms with Crippen LogP contribution in [-0.4, -0.2) is 23.7 Å². The summed E-state index contributed by atoms with van der Waals surface area (Å²) >= 11 is 1.57. The van der Waals surface area contributed by atoms with E-state index in [0.717, 1.165) is 18.4 Å². The molecule has 0 amide bonds. The molecule has 1 heterocycles. The van der Waals surface area contributed by atoms with Crippen molar-refractivity contribution in [1.29, 1.82) is 0 Å². The normalized spacial score (nSPS) is 20.0. The van der Waals surface area contributed by atoms with Crippen molar-refractivity contribution in [3.8, 4) is 0 Å². The molecule has 1 atom stereocenters. The maximum absolute atomic E-state index is 10.3. The molecule has 1 aromatic rings. The first-order valence-electron chi connectivity index (χ1n) is 6.89. The van der Waals surface area contributed by atoms with Crippen LogP contribution in [0.1, 0.15) is 44.6 Å². The van der Waals surface area contributed by atoms with Crippen molar-refractivity contribution in [3.63, 3.8) is 0 Å². The number of hydrogen-bond donors (Lipinski definition) is 3. The van der Waals surface area contributed by atoms with Gasteiger partial charge >= 0.3 is 0 Å². The molecular weight excluding hydrogens is 385 g/mol. The number of nitrogens with zero attached hydrogens (tertiary/aromatic N) is 1. The van der Waals surface area contributed by atoms with Gasteiger partial charge in [-0.05, 0) is 42.2 Å². The second kappa shape index (κ2) is 8.19. The summed E-state index contributed by atoms with van der Waals surface area (Å²) in [6.07, 6.45) is 6.17. The highest BCUT2D eigenvalue weighted by Gasteiger charge is 2.23. The highest BCUT2D eigenvalue weighted by atomic mass is 127. The Kier molecular flexibility index (Phi) is 7.25. The van der Waals surface area contributed by atoms with Crippen LogP contribution in [0.25, 0.3) is 0 Å². The zero-order chi connectivity index (χ0) is 13.7. The SMILES string of the molecule is CC(O)(CN=C(N)NC1CCCCC1)c1ccsc1.I. The molecule has 0 aromatic carbocycles. The number of aliphatic imine (C=N–C) groups is 1. The fourth-order valence-corrected chi connectivity index (χ4v) is 3.19. The van der Waals surface area contributed by atoms with Crippen LogP contribution in [-0.2, 0) is 5.60 Å². The van der Waals surface area contributed by atoms with Crippen LogP contribution < -0.4 is 11.1 Å². The van der Waals surface area contributed by atoms with Crippen molar-refractivity contribution >= 4 is 41.3 Å². The first-order valence-corrected chi connectivity index (χ1v) is 7.84. The zero-order valence-electron chi connectivity index (χ0n) is 11.8. The van der Waals surface area contributed by atoms with Crippen molar-refractivity contribution in [2.45, 2.75) is 50.7 Å². The van der Waals surface area contributed by atoms with Crippen molar-refractivity contribution in [2.24, 2.45) is 10.7 Å². The van der Waals surface area contributed by atoms with E-state index in [1.165, 1.54) is 19.3 Å². The molecule has 1 aliphatic carbocycles. The van der Waals surface area contributed by atoms with Gasteiger partial charge in [-0.3, -0.25) is 4.99 Å². The molecule has 114 valence electrons. The minimum absolute atomic E-state index is 0. The second-order valence-corrected chi connectivity index (χ2v) is 6.25. The van der Waals surface area contributed by atoms with Gasteiger partial charge in [-0.1, -0.05) is 19.3 Å². The van der Waals surface area contributed by atoms with Gasteiger partial charge in [-0.15, -0.1) is 24.0 Å². The number of halogens is 1. The molecule has 1 saturated carbocycles. The van der Waals surface area contributed by atoms with E-state index in [-0.39, 0.29) is 30.5 Å². The largest absolute Gasteiger partial charge is 0.383 e. The smallest absolute Gasteiger partial charge is 0.188 e. The van der Waals surface area contributed by atoms with Crippen LogP contribution in [0, 0.1) is 0 Å². The molecule has 2 rings (SSSR count). The third-order valence-electron chi connectivity index (χ3n) is 3.66.